The maximum absolute atomic E-state index is 12.6. The van der Waals surface area contributed by atoms with Crippen LogP contribution in [-0.2, 0) is 15.7 Å². The first-order valence-electron chi connectivity index (χ1n) is 5.62. The summed E-state index contributed by atoms with van der Waals surface area (Å²) in [6, 6.07) is 3.70. The molecule has 0 atom stereocenters. The van der Waals surface area contributed by atoms with Crippen LogP contribution in [0, 0.1) is 0 Å². The van der Waals surface area contributed by atoms with Gasteiger partial charge < -0.3 is 14.8 Å². The maximum atomic E-state index is 12.6. The van der Waals surface area contributed by atoms with Crippen molar-refractivity contribution in [3.05, 3.63) is 28.8 Å². The number of hydrogen-bond donors (Lipinski definition) is 1. The molecule has 0 aliphatic rings. The van der Waals surface area contributed by atoms with Gasteiger partial charge in [0.05, 0.1) is 30.4 Å². The number of benzene rings is 1. The molecular formula is C12H15ClF3NO2. The van der Waals surface area contributed by atoms with Gasteiger partial charge in [0, 0.05) is 19.3 Å². The van der Waals surface area contributed by atoms with E-state index in [0.717, 1.165) is 6.07 Å². The lowest BCUT2D eigenvalue weighted by Crippen LogP contribution is -2.13. The largest absolute Gasteiger partial charge is 0.417 e. The van der Waals surface area contributed by atoms with Gasteiger partial charge in [0.15, 0.2) is 0 Å². The van der Waals surface area contributed by atoms with Crippen LogP contribution in [0.25, 0.3) is 0 Å². The van der Waals surface area contributed by atoms with E-state index in [9.17, 15) is 13.2 Å². The van der Waals surface area contributed by atoms with Gasteiger partial charge in [-0.2, -0.15) is 13.2 Å². The predicted octanol–water partition coefficient (Wildman–Crippen LogP) is 3.43. The number of methoxy groups -OCH3 is 1. The van der Waals surface area contributed by atoms with Gasteiger partial charge in [0.1, 0.15) is 0 Å². The van der Waals surface area contributed by atoms with Crippen LogP contribution < -0.4 is 5.32 Å². The average Bonchev–Trinajstić information content (AvgIpc) is 2.34. The first kappa shape index (κ1) is 16.1. The zero-order valence-electron chi connectivity index (χ0n) is 10.4. The highest BCUT2D eigenvalue weighted by Crippen LogP contribution is 2.36. The monoisotopic (exact) mass is 297 g/mol. The Kier molecular flexibility index (Phi) is 6.41. The van der Waals surface area contributed by atoms with Crippen LogP contribution in [0.5, 0.6) is 0 Å². The molecular weight excluding hydrogens is 283 g/mol. The summed E-state index contributed by atoms with van der Waals surface area (Å²) in [4.78, 5) is 0. The summed E-state index contributed by atoms with van der Waals surface area (Å²) < 4.78 is 47.8. The first-order valence-corrected chi connectivity index (χ1v) is 6.00. The highest BCUT2D eigenvalue weighted by Gasteiger charge is 2.33. The van der Waals surface area contributed by atoms with Crippen LogP contribution in [0.2, 0.25) is 5.02 Å². The fraction of sp³-hybridized carbons (Fsp3) is 0.500. The molecule has 0 unspecified atom stereocenters. The van der Waals surface area contributed by atoms with E-state index in [2.05, 4.69) is 5.32 Å². The van der Waals surface area contributed by atoms with Gasteiger partial charge in [-0.25, -0.2) is 0 Å². The quantitative estimate of drug-likeness (QED) is 0.782. The minimum Gasteiger partial charge on any atom is -0.383 e. The summed E-state index contributed by atoms with van der Waals surface area (Å²) in [7, 11) is 1.56. The van der Waals surface area contributed by atoms with Gasteiger partial charge >= 0.3 is 6.18 Å². The number of alkyl halides is 3. The summed E-state index contributed by atoms with van der Waals surface area (Å²) in [6.07, 6.45) is -4.45. The molecule has 1 aromatic rings. The Labute approximate surface area is 114 Å². The lowest BCUT2D eigenvalue weighted by molar-refractivity contribution is -0.137. The number of rotatable bonds is 7. The van der Waals surface area contributed by atoms with E-state index in [4.69, 9.17) is 21.1 Å². The lowest BCUT2D eigenvalue weighted by Gasteiger charge is -2.12. The number of nitrogens with one attached hydrogen (secondary N) is 1. The molecule has 0 saturated carbocycles. The fourth-order valence-electron chi connectivity index (χ4n) is 1.36. The third-order valence-electron chi connectivity index (χ3n) is 2.28. The Hall–Kier alpha value is -0.980. The molecule has 0 fully saturated rings. The van der Waals surface area contributed by atoms with E-state index in [-0.39, 0.29) is 5.02 Å². The Morgan fingerprint density at radius 3 is 2.58 bits per heavy atom. The van der Waals surface area contributed by atoms with Gasteiger partial charge in [-0.05, 0) is 18.2 Å². The van der Waals surface area contributed by atoms with E-state index in [1.54, 1.807) is 7.11 Å². The number of ether oxygens (including phenoxy) is 2. The fourth-order valence-corrected chi connectivity index (χ4v) is 1.59. The normalized spacial score (nSPS) is 11.6. The van der Waals surface area contributed by atoms with Crippen molar-refractivity contribution in [1.82, 2.24) is 0 Å². The topological polar surface area (TPSA) is 30.5 Å². The van der Waals surface area contributed by atoms with Crippen LogP contribution in [0.3, 0.4) is 0 Å². The standard InChI is InChI=1S/C12H15ClF3NO2/c1-18-6-7-19-5-4-17-9-2-3-11(13)10(8-9)12(14,15)16/h2-3,8,17H,4-7H2,1H3. The van der Waals surface area contributed by atoms with Crippen molar-refractivity contribution in [1.29, 1.82) is 0 Å². The lowest BCUT2D eigenvalue weighted by atomic mass is 10.2. The zero-order valence-corrected chi connectivity index (χ0v) is 11.1. The molecule has 0 bridgehead atoms. The number of anilines is 1. The van der Waals surface area contributed by atoms with Crippen molar-refractivity contribution in [3.63, 3.8) is 0 Å². The van der Waals surface area contributed by atoms with Gasteiger partial charge in [-0.15, -0.1) is 0 Å². The zero-order chi connectivity index (χ0) is 14.3. The van der Waals surface area contributed by atoms with Crippen LogP contribution in [-0.4, -0.2) is 33.5 Å². The smallest absolute Gasteiger partial charge is 0.383 e. The molecule has 19 heavy (non-hydrogen) atoms. The predicted molar refractivity (Wildman–Crippen MR) is 67.6 cm³/mol. The average molecular weight is 298 g/mol. The molecule has 0 aliphatic heterocycles. The SMILES string of the molecule is COCCOCCNc1ccc(Cl)c(C(F)(F)F)c1. The molecule has 3 nitrogen and oxygen atoms in total. The molecule has 1 N–H and O–H groups in total. The second-order valence-corrected chi connectivity index (χ2v) is 4.13. The summed E-state index contributed by atoms with van der Waals surface area (Å²) >= 11 is 5.51. The molecule has 0 aliphatic carbocycles. The summed E-state index contributed by atoms with van der Waals surface area (Å²) in [5.74, 6) is 0. The van der Waals surface area contributed by atoms with E-state index < -0.39 is 11.7 Å². The Balaban J connectivity index is 2.47. The molecule has 0 heterocycles. The molecule has 0 radical (unpaired) electrons. The van der Waals surface area contributed by atoms with Crippen molar-refractivity contribution < 1.29 is 22.6 Å². The third kappa shape index (κ3) is 5.67. The van der Waals surface area contributed by atoms with E-state index in [0.29, 0.717) is 32.1 Å². The van der Waals surface area contributed by atoms with Crippen LogP contribution in [0.1, 0.15) is 5.56 Å². The second kappa shape index (κ2) is 7.57. The minimum absolute atomic E-state index is 0.311. The number of hydrogen-bond acceptors (Lipinski definition) is 3. The maximum Gasteiger partial charge on any atom is 0.417 e. The van der Waals surface area contributed by atoms with Gasteiger partial charge in [-0.3, -0.25) is 0 Å². The molecule has 1 rings (SSSR count). The van der Waals surface area contributed by atoms with Crippen LogP contribution in [0.15, 0.2) is 18.2 Å². The van der Waals surface area contributed by atoms with E-state index >= 15 is 0 Å². The summed E-state index contributed by atoms with van der Waals surface area (Å²) in [5.41, 5.74) is -0.494. The molecule has 0 spiro atoms. The summed E-state index contributed by atoms with van der Waals surface area (Å²) in [5, 5.41) is 2.53. The molecule has 0 saturated heterocycles. The van der Waals surface area contributed by atoms with Gasteiger partial charge in [0.25, 0.3) is 0 Å². The summed E-state index contributed by atoms with van der Waals surface area (Å²) in [6.45, 7) is 1.72. The van der Waals surface area contributed by atoms with Gasteiger partial charge in [-0.1, -0.05) is 11.6 Å². The van der Waals surface area contributed by atoms with Crippen molar-refractivity contribution in [2.75, 3.05) is 38.8 Å². The second-order valence-electron chi connectivity index (χ2n) is 3.72. The highest BCUT2D eigenvalue weighted by molar-refractivity contribution is 6.31. The van der Waals surface area contributed by atoms with Crippen molar-refractivity contribution in [2.45, 2.75) is 6.18 Å². The van der Waals surface area contributed by atoms with Crippen molar-refractivity contribution >= 4 is 17.3 Å². The van der Waals surface area contributed by atoms with Crippen molar-refractivity contribution in [3.8, 4) is 0 Å². The van der Waals surface area contributed by atoms with Crippen molar-refractivity contribution in [2.24, 2.45) is 0 Å². The highest BCUT2D eigenvalue weighted by atomic mass is 35.5. The third-order valence-corrected chi connectivity index (χ3v) is 2.61. The van der Waals surface area contributed by atoms with Crippen LogP contribution in [0.4, 0.5) is 18.9 Å². The minimum atomic E-state index is -4.45. The van der Waals surface area contributed by atoms with E-state index in [1.165, 1.54) is 12.1 Å². The number of halogens is 4. The Bertz CT molecular complexity index is 399. The van der Waals surface area contributed by atoms with Gasteiger partial charge in [0.2, 0.25) is 0 Å². The van der Waals surface area contributed by atoms with E-state index in [1.807, 2.05) is 0 Å². The molecule has 0 amide bonds. The van der Waals surface area contributed by atoms with Crippen LogP contribution >= 0.6 is 11.6 Å². The first-order chi connectivity index (χ1) is 8.95. The molecule has 108 valence electrons. The molecule has 1 aromatic carbocycles. The Morgan fingerprint density at radius 2 is 1.95 bits per heavy atom. The Morgan fingerprint density at radius 1 is 1.21 bits per heavy atom. The molecule has 7 heteroatoms. The molecule has 0 aromatic heterocycles.